The molecule has 0 radical (unpaired) electrons. The summed E-state index contributed by atoms with van der Waals surface area (Å²) in [6.07, 6.45) is 1.31. The molecular formula is C12H26. The molecule has 0 spiro atoms. The summed E-state index contributed by atoms with van der Waals surface area (Å²) in [6, 6.07) is 0. The van der Waals surface area contributed by atoms with Crippen molar-refractivity contribution in [3.63, 3.8) is 0 Å². The Balaban J connectivity index is 4.77. The highest BCUT2D eigenvalue weighted by molar-refractivity contribution is 4.86. The van der Waals surface area contributed by atoms with Crippen LogP contribution in [0.4, 0.5) is 0 Å². The summed E-state index contributed by atoms with van der Waals surface area (Å²) in [6.45, 7) is 16.5. The van der Waals surface area contributed by atoms with E-state index in [1.165, 1.54) is 6.42 Å². The van der Waals surface area contributed by atoms with E-state index in [-0.39, 0.29) is 0 Å². The third-order valence-electron chi connectivity index (χ3n) is 3.84. The van der Waals surface area contributed by atoms with Crippen molar-refractivity contribution in [1.29, 1.82) is 0 Å². The van der Waals surface area contributed by atoms with Gasteiger partial charge in [-0.15, -0.1) is 0 Å². The van der Waals surface area contributed by atoms with Crippen LogP contribution in [0.1, 0.15) is 54.9 Å². The maximum atomic E-state index is 2.36. The highest BCUT2D eigenvalue weighted by Crippen LogP contribution is 2.45. The van der Waals surface area contributed by atoms with Crippen LogP contribution in [-0.2, 0) is 0 Å². The smallest absolute Gasteiger partial charge is 0.0231 e. The van der Waals surface area contributed by atoms with Gasteiger partial charge in [-0.3, -0.25) is 0 Å². The van der Waals surface area contributed by atoms with Crippen LogP contribution < -0.4 is 0 Å². The average Bonchev–Trinajstić information content (AvgIpc) is 1.86. The fraction of sp³-hybridized carbons (Fsp3) is 1.00. The van der Waals surface area contributed by atoms with Crippen molar-refractivity contribution in [2.75, 3.05) is 0 Å². The van der Waals surface area contributed by atoms with Gasteiger partial charge >= 0.3 is 0 Å². The van der Waals surface area contributed by atoms with E-state index in [1.54, 1.807) is 0 Å². The summed E-state index contributed by atoms with van der Waals surface area (Å²) in [4.78, 5) is 0. The maximum absolute atomic E-state index is 2.36. The molecule has 0 heterocycles. The Labute approximate surface area is 78.8 Å². The highest BCUT2D eigenvalue weighted by atomic mass is 14.4. The van der Waals surface area contributed by atoms with Crippen molar-refractivity contribution in [3.05, 3.63) is 0 Å². The van der Waals surface area contributed by atoms with Gasteiger partial charge in [0, 0.05) is 0 Å². The predicted octanol–water partition coefficient (Wildman–Crippen LogP) is 4.35. The Morgan fingerprint density at radius 1 is 0.750 bits per heavy atom. The lowest BCUT2D eigenvalue weighted by Crippen LogP contribution is -2.37. The van der Waals surface area contributed by atoms with Crippen molar-refractivity contribution in [1.82, 2.24) is 0 Å². The lowest BCUT2D eigenvalue weighted by molar-refractivity contribution is 0.0447. The second kappa shape index (κ2) is 4.30. The van der Waals surface area contributed by atoms with E-state index >= 15 is 0 Å². The quantitative estimate of drug-likeness (QED) is 0.588. The second-order valence-corrected chi connectivity index (χ2v) is 4.93. The zero-order chi connectivity index (χ0) is 9.94. The van der Waals surface area contributed by atoms with Gasteiger partial charge in [0.2, 0.25) is 0 Å². The summed E-state index contributed by atoms with van der Waals surface area (Å²) in [5.41, 5.74) is 0.542. The van der Waals surface area contributed by atoms with E-state index in [1.807, 2.05) is 0 Å². The van der Waals surface area contributed by atoms with E-state index in [2.05, 4.69) is 48.5 Å². The molecule has 0 N–H and O–H groups in total. The normalized spacial score (nSPS) is 13.5. The van der Waals surface area contributed by atoms with Crippen LogP contribution >= 0.6 is 0 Å². The van der Waals surface area contributed by atoms with Crippen molar-refractivity contribution in [2.24, 2.45) is 23.2 Å². The molecule has 0 aliphatic carbocycles. The van der Waals surface area contributed by atoms with Crippen molar-refractivity contribution < 1.29 is 0 Å². The van der Waals surface area contributed by atoms with Gasteiger partial charge in [0.15, 0.2) is 0 Å². The molecule has 0 nitrogen and oxygen atoms in total. The highest BCUT2D eigenvalue weighted by Gasteiger charge is 2.37. The lowest BCUT2D eigenvalue weighted by atomic mass is 9.61. The Morgan fingerprint density at radius 2 is 1.00 bits per heavy atom. The Morgan fingerprint density at radius 3 is 1.00 bits per heavy atom. The molecule has 74 valence electrons. The third kappa shape index (κ3) is 1.84. The zero-order valence-electron chi connectivity index (χ0n) is 9.94. The van der Waals surface area contributed by atoms with Crippen molar-refractivity contribution >= 4 is 0 Å². The Bertz CT molecular complexity index is 98.2. The van der Waals surface area contributed by atoms with Gasteiger partial charge in [0.25, 0.3) is 0 Å². The zero-order valence-corrected chi connectivity index (χ0v) is 9.94. The average molecular weight is 170 g/mol. The largest absolute Gasteiger partial charge is 0.0648 e. The van der Waals surface area contributed by atoms with Crippen LogP contribution in [0.25, 0.3) is 0 Å². The molecule has 0 aliphatic rings. The molecule has 0 atom stereocenters. The number of hydrogen-bond donors (Lipinski definition) is 0. The molecule has 0 amide bonds. The molecule has 0 aromatic carbocycles. The van der Waals surface area contributed by atoms with Crippen LogP contribution in [0, 0.1) is 23.2 Å². The molecule has 0 saturated heterocycles. The van der Waals surface area contributed by atoms with Gasteiger partial charge in [-0.05, 0) is 29.6 Å². The van der Waals surface area contributed by atoms with Gasteiger partial charge < -0.3 is 0 Å². The molecule has 0 aliphatic heterocycles. The van der Waals surface area contributed by atoms with Crippen molar-refractivity contribution in [3.8, 4) is 0 Å². The lowest BCUT2D eigenvalue weighted by Gasteiger charge is -2.44. The topological polar surface area (TPSA) is 0 Å². The molecular weight excluding hydrogens is 144 g/mol. The van der Waals surface area contributed by atoms with E-state index in [4.69, 9.17) is 0 Å². The fourth-order valence-electron chi connectivity index (χ4n) is 3.22. The molecule has 0 aromatic rings. The van der Waals surface area contributed by atoms with Crippen LogP contribution in [0.15, 0.2) is 0 Å². The number of rotatable bonds is 4. The predicted molar refractivity (Wildman–Crippen MR) is 57.2 cm³/mol. The standard InChI is InChI=1S/C12H26/c1-8-12(9(2)3,10(4)5)11(6)7/h9-11H,8H2,1-7H3. The van der Waals surface area contributed by atoms with Gasteiger partial charge in [-0.1, -0.05) is 48.5 Å². The minimum absolute atomic E-state index is 0.542. The maximum Gasteiger partial charge on any atom is -0.0231 e. The third-order valence-corrected chi connectivity index (χ3v) is 3.84. The molecule has 0 bridgehead atoms. The van der Waals surface area contributed by atoms with Crippen LogP contribution in [0.3, 0.4) is 0 Å². The summed E-state index contributed by atoms with van der Waals surface area (Å²) in [7, 11) is 0. The molecule has 0 unspecified atom stereocenters. The first-order valence-electron chi connectivity index (χ1n) is 5.39. The first kappa shape index (κ1) is 12.0. The summed E-state index contributed by atoms with van der Waals surface area (Å²) < 4.78 is 0. The Hall–Kier alpha value is 0. The molecule has 0 fully saturated rings. The van der Waals surface area contributed by atoms with Crippen LogP contribution in [-0.4, -0.2) is 0 Å². The molecule has 0 heteroatoms. The molecule has 0 saturated carbocycles. The van der Waals surface area contributed by atoms with Crippen LogP contribution in [0.2, 0.25) is 0 Å². The van der Waals surface area contributed by atoms with Crippen LogP contribution in [0.5, 0.6) is 0 Å². The minimum Gasteiger partial charge on any atom is -0.0648 e. The first-order valence-corrected chi connectivity index (χ1v) is 5.39. The molecule has 0 rings (SSSR count). The van der Waals surface area contributed by atoms with Gasteiger partial charge in [0.05, 0.1) is 0 Å². The van der Waals surface area contributed by atoms with Crippen molar-refractivity contribution in [2.45, 2.75) is 54.9 Å². The first-order chi connectivity index (χ1) is 5.39. The van der Waals surface area contributed by atoms with E-state index in [0.717, 1.165) is 17.8 Å². The SMILES string of the molecule is CCC(C(C)C)(C(C)C)C(C)C. The van der Waals surface area contributed by atoms with Gasteiger partial charge in [0.1, 0.15) is 0 Å². The summed E-state index contributed by atoms with van der Waals surface area (Å²) in [5, 5.41) is 0. The monoisotopic (exact) mass is 170 g/mol. The summed E-state index contributed by atoms with van der Waals surface area (Å²) >= 11 is 0. The van der Waals surface area contributed by atoms with E-state index < -0.39 is 0 Å². The van der Waals surface area contributed by atoms with E-state index in [0.29, 0.717) is 5.41 Å². The molecule has 0 aromatic heterocycles. The fourth-order valence-corrected chi connectivity index (χ4v) is 3.22. The number of hydrogen-bond acceptors (Lipinski definition) is 0. The Kier molecular flexibility index (Phi) is 4.30. The summed E-state index contributed by atoms with van der Waals surface area (Å²) in [5.74, 6) is 2.38. The van der Waals surface area contributed by atoms with E-state index in [9.17, 15) is 0 Å². The van der Waals surface area contributed by atoms with Gasteiger partial charge in [-0.25, -0.2) is 0 Å². The van der Waals surface area contributed by atoms with Gasteiger partial charge in [-0.2, -0.15) is 0 Å². The second-order valence-electron chi connectivity index (χ2n) is 4.93. The molecule has 12 heavy (non-hydrogen) atoms. The minimum atomic E-state index is 0.542.